The minimum atomic E-state index is -1.44. The van der Waals surface area contributed by atoms with E-state index in [0.29, 0.717) is 16.1 Å². The molecule has 1 unspecified atom stereocenters. The molecule has 0 aliphatic rings. The van der Waals surface area contributed by atoms with Gasteiger partial charge in [0.2, 0.25) is 0 Å². The number of ether oxygens (including phenoxy) is 1. The molecule has 2 rings (SSSR count). The molecule has 1 N–H and O–H groups in total. The fraction of sp³-hybridized carbons (Fsp3) is 0.133. The van der Waals surface area contributed by atoms with Gasteiger partial charge in [-0.2, -0.15) is 0 Å². The number of nitro benzene ring substituents is 1. The van der Waals surface area contributed by atoms with Crippen LogP contribution in [0.1, 0.15) is 17.2 Å². The Balaban J connectivity index is 2.28. The number of rotatable bonds is 5. The zero-order valence-electron chi connectivity index (χ0n) is 11.6. The van der Waals surface area contributed by atoms with Crippen molar-refractivity contribution in [3.63, 3.8) is 0 Å². The molecule has 6 nitrogen and oxygen atoms in total. The van der Waals surface area contributed by atoms with Crippen molar-refractivity contribution in [2.24, 2.45) is 0 Å². The Labute approximate surface area is 141 Å². The van der Waals surface area contributed by atoms with Gasteiger partial charge in [-0.15, -0.1) is 0 Å². The zero-order chi connectivity index (χ0) is 17.0. The summed E-state index contributed by atoms with van der Waals surface area (Å²) in [6.07, 6.45) is -2.10. The van der Waals surface area contributed by atoms with Crippen LogP contribution in [0, 0.1) is 10.1 Å². The maximum atomic E-state index is 10.9. The van der Waals surface area contributed by atoms with Gasteiger partial charge in [-0.25, -0.2) is 4.79 Å². The van der Waals surface area contributed by atoms with E-state index in [4.69, 9.17) is 33.0 Å². The van der Waals surface area contributed by atoms with Crippen LogP contribution in [-0.2, 0) is 11.2 Å². The van der Waals surface area contributed by atoms with Crippen molar-refractivity contribution < 1.29 is 19.6 Å². The first-order valence-electron chi connectivity index (χ1n) is 6.44. The number of benzene rings is 2. The van der Waals surface area contributed by atoms with Gasteiger partial charge in [0.15, 0.2) is 0 Å². The molecule has 23 heavy (non-hydrogen) atoms. The Kier molecular flexibility index (Phi) is 5.41. The normalized spacial score (nSPS) is 11.7. The van der Waals surface area contributed by atoms with Gasteiger partial charge in [-0.3, -0.25) is 10.1 Å². The van der Waals surface area contributed by atoms with E-state index in [9.17, 15) is 14.9 Å². The van der Waals surface area contributed by atoms with Gasteiger partial charge in [0.1, 0.15) is 6.10 Å². The first-order valence-corrected chi connectivity index (χ1v) is 7.20. The molecule has 0 bridgehead atoms. The Morgan fingerprint density at radius 2 is 1.87 bits per heavy atom. The number of hydrogen-bond donors (Lipinski definition) is 1. The zero-order valence-corrected chi connectivity index (χ0v) is 13.1. The summed E-state index contributed by atoms with van der Waals surface area (Å²) in [5, 5.41) is 20.3. The molecule has 0 saturated heterocycles. The van der Waals surface area contributed by atoms with Gasteiger partial charge < -0.3 is 9.84 Å². The van der Waals surface area contributed by atoms with Gasteiger partial charge in [-0.1, -0.05) is 41.4 Å². The molecule has 0 aliphatic heterocycles. The van der Waals surface area contributed by atoms with Crippen molar-refractivity contribution in [1.82, 2.24) is 0 Å². The second-order valence-electron chi connectivity index (χ2n) is 4.67. The number of hydrogen-bond acceptors (Lipinski definition) is 4. The quantitative estimate of drug-likeness (QED) is 0.468. The molecule has 0 amide bonds. The summed E-state index contributed by atoms with van der Waals surface area (Å²) in [6, 6.07) is 10.4. The number of carboxylic acid groups (broad SMARTS) is 1. The van der Waals surface area contributed by atoms with E-state index in [1.165, 1.54) is 18.2 Å². The molecule has 120 valence electrons. The van der Waals surface area contributed by atoms with Crippen LogP contribution in [-0.4, -0.2) is 16.2 Å². The van der Waals surface area contributed by atoms with Crippen molar-refractivity contribution >= 4 is 35.0 Å². The van der Waals surface area contributed by atoms with Crippen LogP contribution in [0.3, 0.4) is 0 Å². The molecule has 0 fully saturated rings. The predicted octanol–water partition coefficient (Wildman–Crippen LogP) is 4.88. The molecule has 0 heterocycles. The predicted molar refractivity (Wildman–Crippen MR) is 85.1 cm³/mol. The summed E-state index contributed by atoms with van der Waals surface area (Å²) in [5.41, 5.74) is 1.10. The van der Waals surface area contributed by atoms with Crippen LogP contribution in [0.2, 0.25) is 10.0 Å². The standard InChI is InChI=1S/C15H11Cl2NO5/c16-10-3-6-12(13(17)8-10)14(23-15(19)20)7-9-1-4-11(5-2-9)18(21)22/h1-6,8,14H,7H2,(H,19,20). The highest BCUT2D eigenvalue weighted by atomic mass is 35.5. The fourth-order valence-electron chi connectivity index (χ4n) is 2.07. The molecule has 0 radical (unpaired) electrons. The van der Waals surface area contributed by atoms with E-state index in [-0.39, 0.29) is 17.1 Å². The maximum Gasteiger partial charge on any atom is 0.506 e. The lowest BCUT2D eigenvalue weighted by molar-refractivity contribution is -0.384. The Bertz CT molecular complexity index is 733. The summed E-state index contributed by atoms with van der Waals surface area (Å²) >= 11 is 11.9. The molecule has 0 spiro atoms. The van der Waals surface area contributed by atoms with Crippen LogP contribution < -0.4 is 0 Å². The van der Waals surface area contributed by atoms with Crippen molar-refractivity contribution in [3.8, 4) is 0 Å². The highest BCUT2D eigenvalue weighted by Crippen LogP contribution is 2.31. The summed E-state index contributed by atoms with van der Waals surface area (Å²) in [4.78, 5) is 21.1. The Hall–Kier alpha value is -2.31. The minimum absolute atomic E-state index is 0.0472. The lowest BCUT2D eigenvalue weighted by Gasteiger charge is -2.18. The molecule has 1 atom stereocenters. The lowest BCUT2D eigenvalue weighted by atomic mass is 10.0. The highest BCUT2D eigenvalue weighted by Gasteiger charge is 2.20. The summed E-state index contributed by atoms with van der Waals surface area (Å²) < 4.78 is 4.89. The first-order chi connectivity index (χ1) is 10.9. The average molecular weight is 356 g/mol. The van der Waals surface area contributed by atoms with Crippen molar-refractivity contribution in [2.45, 2.75) is 12.5 Å². The van der Waals surface area contributed by atoms with E-state index in [2.05, 4.69) is 0 Å². The third-order valence-electron chi connectivity index (χ3n) is 3.12. The lowest BCUT2D eigenvalue weighted by Crippen LogP contribution is -2.12. The van der Waals surface area contributed by atoms with Gasteiger partial charge in [-0.05, 0) is 17.7 Å². The van der Waals surface area contributed by atoms with Crippen LogP contribution in [0.25, 0.3) is 0 Å². The SMILES string of the molecule is O=C(O)OC(Cc1ccc([N+](=O)[O-])cc1)c1ccc(Cl)cc1Cl. The number of halogens is 2. The molecule has 0 aromatic heterocycles. The number of non-ortho nitro benzene ring substituents is 1. The molecular formula is C15H11Cl2NO5. The van der Waals surface area contributed by atoms with Gasteiger partial charge in [0.05, 0.1) is 4.92 Å². The average Bonchev–Trinajstić information content (AvgIpc) is 2.46. The van der Waals surface area contributed by atoms with E-state index in [0.717, 1.165) is 0 Å². The second-order valence-corrected chi connectivity index (χ2v) is 5.51. The topological polar surface area (TPSA) is 89.7 Å². The number of carbonyl (C=O) groups is 1. The molecule has 0 aliphatic carbocycles. The third kappa shape index (κ3) is 4.58. The van der Waals surface area contributed by atoms with Crippen LogP contribution in [0.15, 0.2) is 42.5 Å². The Morgan fingerprint density at radius 1 is 1.22 bits per heavy atom. The van der Waals surface area contributed by atoms with E-state index in [1.807, 2.05) is 0 Å². The van der Waals surface area contributed by atoms with Crippen molar-refractivity contribution in [3.05, 3.63) is 73.8 Å². The largest absolute Gasteiger partial charge is 0.506 e. The smallest absolute Gasteiger partial charge is 0.450 e. The first kappa shape index (κ1) is 17.1. The maximum absolute atomic E-state index is 10.9. The molecule has 8 heteroatoms. The summed E-state index contributed by atoms with van der Waals surface area (Å²) in [7, 11) is 0. The molecule has 2 aromatic carbocycles. The summed E-state index contributed by atoms with van der Waals surface area (Å²) in [5.74, 6) is 0. The highest BCUT2D eigenvalue weighted by molar-refractivity contribution is 6.35. The summed E-state index contributed by atoms with van der Waals surface area (Å²) in [6.45, 7) is 0. The van der Waals surface area contributed by atoms with E-state index >= 15 is 0 Å². The van der Waals surface area contributed by atoms with Crippen LogP contribution in [0.5, 0.6) is 0 Å². The van der Waals surface area contributed by atoms with E-state index in [1.54, 1.807) is 24.3 Å². The monoisotopic (exact) mass is 355 g/mol. The molecule has 0 saturated carbocycles. The molecular weight excluding hydrogens is 345 g/mol. The van der Waals surface area contributed by atoms with Crippen LogP contribution >= 0.6 is 23.2 Å². The molecule has 2 aromatic rings. The fourth-order valence-corrected chi connectivity index (χ4v) is 2.60. The van der Waals surface area contributed by atoms with Crippen molar-refractivity contribution in [2.75, 3.05) is 0 Å². The number of nitro groups is 1. The van der Waals surface area contributed by atoms with Crippen LogP contribution in [0.4, 0.5) is 10.5 Å². The second kappa shape index (κ2) is 7.30. The van der Waals surface area contributed by atoms with E-state index < -0.39 is 17.2 Å². The third-order valence-corrected chi connectivity index (χ3v) is 3.68. The van der Waals surface area contributed by atoms with Gasteiger partial charge >= 0.3 is 6.16 Å². The minimum Gasteiger partial charge on any atom is -0.450 e. The van der Waals surface area contributed by atoms with Crippen molar-refractivity contribution in [1.29, 1.82) is 0 Å². The number of nitrogens with zero attached hydrogens (tertiary/aromatic N) is 1. The van der Waals surface area contributed by atoms with Gasteiger partial charge in [0.25, 0.3) is 5.69 Å². The Morgan fingerprint density at radius 3 is 2.39 bits per heavy atom. The van der Waals surface area contributed by atoms with Gasteiger partial charge in [0, 0.05) is 34.2 Å².